The number of thiophene rings is 1. The van der Waals surface area contributed by atoms with Crippen LogP contribution in [0.1, 0.15) is 11.0 Å². The van der Waals surface area contributed by atoms with Crippen molar-refractivity contribution in [1.82, 2.24) is 8.75 Å². The van der Waals surface area contributed by atoms with Crippen LogP contribution in [0.15, 0.2) is 29.6 Å². The maximum atomic E-state index is 10.1. The zero-order valence-corrected chi connectivity index (χ0v) is 12.1. The van der Waals surface area contributed by atoms with Crippen molar-refractivity contribution in [2.24, 2.45) is 0 Å². The number of aliphatic hydroxyl groups is 1. The highest BCUT2D eigenvalue weighted by atomic mass is 35.5. The summed E-state index contributed by atoms with van der Waals surface area (Å²) in [6, 6.07) is 7.44. The van der Waals surface area contributed by atoms with E-state index < -0.39 is 6.10 Å². The summed E-state index contributed by atoms with van der Waals surface area (Å²) in [5.41, 5.74) is 2.28. The Morgan fingerprint density at radius 2 is 2.21 bits per heavy atom. The van der Waals surface area contributed by atoms with Crippen LogP contribution in [0, 0.1) is 0 Å². The highest BCUT2D eigenvalue weighted by molar-refractivity contribution is 7.10. The molecule has 0 aliphatic rings. The van der Waals surface area contributed by atoms with E-state index in [1.165, 1.54) is 11.3 Å². The van der Waals surface area contributed by atoms with Crippen LogP contribution >= 0.6 is 34.7 Å². The lowest BCUT2D eigenvalue weighted by molar-refractivity contribution is 0.195. The molecule has 19 heavy (non-hydrogen) atoms. The third-order valence-electron chi connectivity index (χ3n) is 2.72. The van der Waals surface area contributed by atoms with Gasteiger partial charge in [-0.3, -0.25) is 0 Å². The zero-order chi connectivity index (χ0) is 13.2. The Morgan fingerprint density at radius 3 is 3.00 bits per heavy atom. The molecule has 0 fully saturated rings. The third kappa shape index (κ3) is 2.57. The Bertz CT molecular complexity index is 683. The van der Waals surface area contributed by atoms with Gasteiger partial charge in [-0.15, -0.1) is 11.3 Å². The van der Waals surface area contributed by atoms with Crippen molar-refractivity contribution in [1.29, 1.82) is 0 Å². The highest BCUT2D eigenvalue weighted by Gasteiger charge is 2.13. The fourth-order valence-corrected chi connectivity index (χ4v) is 3.25. The molecule has 4 nitrogen and oxygen atoms in total. The fourth-order valence-electron chi connectivity index (χ4n) is 1.78. The summed E-state index contributed by atoms with van der Waals surface area (Å²) in [6.07, 6.45) is -0.557. The van der Waals surface area contributed by atoms with Crippen molar-refractivity contribution < 1.29 is 5.11 Å². The van der Waals surface area contributed by atoms with Gasteiger partial charge in [-0.05, 0) is 23.6 Å². The minimum atomic E-state index is -0.557. The lowest BCUT2D eigenvalue weighted by atomic mass is 10.2. The molecule has 2 N–H and O–H groups in total. The van der Waals surface area contributed by atoms with E-state index in [1.807, 2.05) is 23.6 Å². The Morgan fingerprint density at radius 1 is 1.32 bits per heavy atom. The molecule has 2 heterocycles. The average Bonchev–Trinajstić information content (AvgIpc) is 3.08. The second kappa shape index (κ2) is 5.42. The summed E-state index contributed by atoms with van der Waals surface area (Å²) in [7, 11) is 0. The largest absolute Gasteiger partial charge is 0.386 e. The molecule has 0 saturated heterocycles. The average molecular weight is 312 g/mol. The molecule has 0 amide bonds. The first-order valence-corrected chi connectivity index (χ1v) is 7.60. The summed E-state index contributed by atoms with van der Waals surface area (Å²) < 4.78 is 8.39. The van der Waals surface area contributed by atoms with Crippen LogP contribution in [0.3, 0.4) is 0 Å². The Balaban J connectivity index is 1.82. The van der Waals surface area contributed by atoms with Gasteiger partial charge in [0.15, 0.2) is 0 Å². The van der Waals surface area contributed by atoms with Crippen LogP contribution in [0.4, 0.5) is 5.69 Å². The van der Waals surface area contributed by atoms with Crippen LogP contribution < -0.4 is 5.32 Å². The fraction of sp³-hybridized carbons (Fsp3) is 0.167. The topological polar surface area (TPSA) is 58.0 Å². The molecule has 7 heteroatoms. The maximum absolute atomic E-state index is 10.1. The molecule has 1 atom stereocenters. The number of fused-ring (bicyclic) bond motifs is 1. The molecule has 2 aromatic heterocycles. The zero-order valence-electron chi connectivity index (χ0n) is 9.71. The van der Waals surface area contributed by atoms with Crippen molar-refractivity contribution in [3.8, 4) is 0 Å². The molecular formula is C12H10ClN3OS2. The minimum absolute atomic E-state index is 0.386. The van der Waals surface area contributed by atoms with Gasteiger partial charge >= 0.3 is 0 Å². The minimum Gasteiger partial charge on any atom is -0.386 e. The van der Waals surface area contributed by atoms with Crippen LogP contribution in [-0.2, 0) is 0 Å². The molecule has 0 radical (unpaired) electrons. The SMILES string of the molecule is OC(CNc1c(Cl)ccc2nsnc12)c1cccs1. The smallest absolute Gasteiger partial charge is 0.129 e. The molecule has 98 valence electrons. The number of aromatic nitrogens is 2. The predicted octanol–water partition coefficient (Wildman–Crippen LogP) is 3.55. The molecule has 0 bridgehead atoms. The standard InChI is InChI=1S/C12H10ClN3OS2/c13-7-3-4-8-12(16-19-15-8)11(7)14-6-9(17)10-2-1-5-18-10/h1-5,9,14,17H,6H2. The Labute approximate surface area is 123 Å². The molecule has 3 aromatic rings. The van der Waals surface area contributed by atoms with Gasteiger partial charge in [0.05, 0.1) is 22.4 Å². The summed E-state index contributed by atoms with van der Waals surface area (Å²) in [5.74, 6) is 0. The number of anilines is 1. The molecule has 3 rings (SSSR count). The number of rotatable bonds is 4. The summed E-state index contributed by atoms with van der Waals surface area (Å²) in [4.78, 5) is 0.923. The number of aliphatic hydroxyl groups excluding tert-OH is 1. The molecule has 0 aliphatic carbocycles. The third-order valence-corrected chi connectivity index (χ3v) is 4.55. The van der Waals surface area contributed by atoms with Crippen LogP contribution in [0.2, 0.25) is 5.02 Å². The first-order chi connectivity index (χ1) is 9.25. The number of nitrogens with zero attached hydrogens (tertiary/aromatic N) is 2. The highest BCUT2D eigenvalue weighted by Crippen LogP contribution is 2.30. The monoisotopic (exact) mass is 311 g/mol. The molecule has 1 unspecified atom stereocenters. The van der Waals surface area contributed by atoms with E-state index in [1.54, 1.807) is 6.07 Å². The van der Waals surface area contributed by atoms with Crippen molar-refractivity contribution in [3.05, 3.63) is 39.5 Å². The van der Waals surface area contributed by atoms with E-state index in [2.05, 4.69) is 14.1 Å². The van der Waals surface area contributed by atoms with Gasteiger partial charge in [0, 0.05) is 11.4 Å². The second-order valence-electron chi connectivity index (χ2n) is 3.97. The van der Waals surface area contributed by atoms with E-state index in [9.17, 15) is 5.11 Å². The number of hydrogen-bond acceptors (Lipinski definition) is 6. The second-order valence-corrected chi connectivity index (χ2v) is 5.88. The maximum Gasteiger partial charge on any atom is 0.129 e. The Kier molecular flexibility index (Phi) is 3.65. The summed E-state index contributed by atoms with van der Waals surface area (Å²) in [6.45, 7) is 0.386. The van der Waals surface area contributed by atoms with E-state index >= 15 is 0 Å². The number of hydrogen-bond donors (Lipinski definition) is 2. The van der Waals surface area contributed by atoms with Gasteiger partial charge < -0.3 is 10.4 Å². The van der Waals surface area contributed by atoms with E-state index in [-0.39, 0.29) is 0 Å². The van der Waals surface area contributed by atoms with Crippen LogP contribution in [0.5, 0.6) is 0 Å². The van der Waals surface area contributed by atoms with E-state index in [0.29, 0.717) is 11.6 Å². The lowest BCUT2D eigenvalue weighted by Gasteiger charge is -2.12. The number of nitrogens with one attached hydrogen (secondary N) is 1. The molecule has 0 spiro atoms. The molecule has 1 aromatic carbocycles. The Hall–Kier alpha value is -1.21. The molecule has 0 aliphatic heterocycles. The van der Waals surface area contributed by atoms with E-state index in [4.69, 9.17) is 11.6 Å². The number of benzene rings is 1. The summed E-state index contributed by atoms with van der Waals surface area (Å²) >= 11 is 8.84. The molecule has 0 saturated carbocycles. The van der Waals surface area contributed by atoms with Gasteiger partial charge in [-0.1, -0.05) is 17.7 Å². The van der Waals surface area contributed by atoms with Gasteiger partial charge in [0.25, 0.3) is 0 Å². The van der Waals surface area contributed by atoms with E-state index in [0.717, 1.165) is 33.3 Å². The summed E-state index contributed by atoms with van der Waals surface area (Å²) in [5, 5.41) is 15.7. The normalized spacial score (nSPS) is 12.7. The van der Waals surface area contributed by atoms with Crippen LogP contribution in [0.25, 0.3) is 11.0 Å². The van der Waals surface area contributed by atoms with Crippen molar-refractivity contribution >= 4 is 51.4 Å². The van der Waals surface area contributed by atoms with Gasteiger partial charge in [-0.2, -0.15) is 8.75 Å². The molecular weight excluding hydrogens is 302 g/mol. The van der Waals surface area contributed by atoms with Crippen molar-refractivity contribution in [2.45, 2.75) is 6.10 Å². The van der Waals surface area contributed by atoms with Gasteiger partial charge in [0.1, 0.15) is 17.1 Å². The quantitative estimate of drug-likeness (QED) is 0.773. The van der Waals surface area contributed by atoms with Crippen LogP contribution in [-0.4, -0.2) is 20.4 Å². The van der Waals surface area contributed by atoms with Crippen molar-refractivity contribution in [2.75, 3.05) is 11.9 Å². The first-order valence-electron chi connectivity index (χ1n) is 5.62. The van der Waals surface area contributed by atoms with Crippen molar-refractivity contribution in [3.63, 3.8) is 0 Å². The number of halogens is 1. The van der Waals surface area contributed by atoms with Gasteiger partial charge in [-0.25, -0.2) is 0 Å². The first kappa shape index (κ1) is 12.8. The lowest BCUT2D eigenvalue weighted by Crippen LogP contribution is -2.11. The predicted molar refractivity (Wildman–Crippen MR) is 80.2 cm³/mol. The van der Waals surface area contributed by atoms with Gasteiger partial charge in [0.2, 0.25) is 0 Å².